The number of rotatable bonds is 4. The van der Waals surface area contributed by atoms with Gasteiger partial charge in [0.25, 0.3) is 5.56 Å². The second kappa shape index (κ2) is 8.97. The summed E-state index contributed by atoms with van der Waals surface area (Å²) in [4.78, 5) is 31.9. The second-order valence-corrected chi connectivity index (χ2v) is 7.75. The summed E-state index contributed by atoms with van der Waals surface area (Å²) in [6, 6.07) is 17.1. The zero-order valence-electron chi connectivity index (χ0n) is 17.1. The van der Waals surface area contributed by atoms with Crippen LogP contribution in [0.3, 0.4) is 0 Å². The Labute approximate surface area is 174 Å². The molecule has 0 amide bonds. The summed E-state index contributed by atoms with van der Waals surface area (Å²) < 4.78 is 1.41. The number of aromatic nitrogens is 2. The standard InChI is InChI=1S/C22H18N2O2S.C2H6/c1-14-7-6-10-17(11-14)19-15(2)27-21-20(19)22(26)24(13-23-21)12-18(25)16-8-4-3-5-9-16;1-2/h3-11,13H,12H2,1-2H3;1-2H3. The van der Waals surface area contributed by atoms with Crippen molar-refractivity contribution in [2.45, 2.75) is 34.2 Å². The van der Waals surface area contributed by atoms with E-state index in [0.29, 0.717) is 15.8 Å². The van der Waals surface area contributed by atoms with Gasteiger partial charge in [-0.3, -0.25) is 14.2 Å². The Bertz CT molecular complexity index is 1210. The van der Waals surface area contributed by atoms with Crippen LogP contribution >= 0.6 is 11.3 Å². The van der Waals surface area contributed by atoms with Gasteiger partial charge in [-0.1, -0.05) is 74.0 Å². The molecule has 0 aliphatic heterocycles. The minimum atomic E-state index is -0.176. The Morgan fingerprint density at radius 1 is 1.03 bits per heavy atom. The van der Waals surface area contributed by atoms with E-state index >= 15 is 0 Å². The Kier molecular flexibility index (Phi) is 6.39. The van der Waals surface area contributed by atoms with E-state index in [0.717, 1.165) is 21.6 Å². The summed E-state index contributed by atoms with van der Waals surface area (Å²) in [5, 5.41) is 0.589. The molecule has 2 heterocycles. The number of aryl methyl sites for hydroxylation is 2. The van der Waals surface area contributed by atoms with E-state index < -0.39 is 0 Å². The number of benzene rings is 2. The van der Waals surface area contributed by atoms with Crippen LogP contribution in [0.4, 0.5) is 0 Å². The van der Waals surface area contributed by atoms with Gasteiger partial charge in [-0.25, -0.2) is 4.98 Å². The van der Waals surface area contributed by atoms with Crippen molar-refractivity contribution in [1.82, 2.24) is 9.55 Å². The van der Waals surface area contributed by atoms with Crippen molar-refractivity contribution < 1.29 is 4.79 Å². The maximum Gasteiger partial charge on any atom is 0.263 e. The van der Waals surface area contributed by atoms with Crippen LogP contribution in [-0.4, -0.2) is 15.3 Å². The first kappa shape index (κ1) is 20.7. The molecule has 0 N–H and O–H groups in total. The minimum absolute atomic E-state index is 0.0199. The van der Waals surface area contributed by atoms with Gasteiger partial charge in [-0.15, -0.1) is 11.3 Å². The lowest BCUT2D eigenvalue weighted by atomic mass is 10.0. The van der Waals surface area contributed by atoms with Crippen LogP contribution in [0.15, 0.2) is 65.7 Å². The van der Waals surface area contributed by atoms with Crippen LogP contribution in [0, 0.1) is 13.8 Å². The fourth-order valence-corrected chi connectivity index (χ4v) is 4.27. The van der Waals surface area contributed by atoms with Crippen molar-refractivity contribution in [2.24, 2.45) is 0 Å². The van der Waals surface area contributed by atoms with Crippen molar-refractivity contribution in [3.05, 3.63) is 87.3 Å². The van der Waals surface area contributed by atoms with E-state index in [9.17, 15) is 9.59 Å². The number of hydrogen-bond acceptors (Lipinski definition) is 4. The molecule has 29 heavy (non-hydrogen) atoms. The highest BCUT2D eigenvalue weighted by Gasteiger charge is 2.18. The summed E-state index contributed by atoms with van der Waals surface area (Å²) in [6.07, 6.45) is 1.47. The molecule has 0 radical (unpaired) electrons. The first-order valence-electron chi connectivity index (χ1n) is 9.68. The maximum atomic E-state index is 13.2. The van der Waals surface area contributed by atoms with Gasteiger partial charge in [0, 0.05) is 16.0 Å². The average molecular weight is 405 g/mol. The quantitative estimate of drug-likeness (QED) is 0.413. The van der Waals surface area contributed by atoms with Gasteiger partial charge in [0.1, 0.15) is 4.83 Å². The van der Waals surface area contributed by atoms with Crippen molar-refractivity contribution >= 4 is 27.3 Å². The molecule has 0 bridgehead atoms. The predicted molar refractivity (Wildman–Crippen MR) is 121 cm³/mol. The van der Waals surface area contributed by atoms with E-state index in [1.54, 1.807) is 12.1 Å². The molecule has 4 nitrogen and oxygen atoms in total. The average Bonchev–Trinajstić information content (AvgIpc) is 3.09. The summed E-state index contributed by atoms with van der Waals surface area (Å²) in [5.41, 5.74) is 3.47. The highest BCUT2D eigenvalue weighted by Crippen LogP contribution is 2.35. The number of thiophene rings is 1. The molecule has 2 aromatic carbocycles. The van der Waals surface area contributed by atoms with E-state index in [-0.39, 0.29) is 17.9 Å². The third kappa shape index (κ3) is 4.20. The summed E-state index contributed by atoms with van der Waals surface area (Å²) in [7, 11) is 0. The topological polar surface area (TPSA) is 52.0 Å². The largest absolute Gasteiger partial charge is 0.292 e. The van der Waals surface area contributed by atoms with E-state index in [4.69, 9.17) is 0 Å². The van der Waals surface area contributed by atoms with Crippen LogP contribution in [0.5, 0.6) is 0 Å². The van der Waals surface area contributed by atoms with Crippen molar-refractivity contribution in [2.75, 3.05) is 0 Å². The predicted octanol–water partition coefficient (Wildman–Crippen LogP) is 5.65. The molecular formula is C24H24N2O2S. The fourth-order valence-electron chi connectivity index (χ4n) is 3.27. The van der Waals surface area contributed by atoms with Gasteiger partial charge in [-0.2, -0.15) is 0 Å². The maximum absolute atomic E-state index is 13.2. The number of fused-ring (bicyclic) bond motifs is 1. The molecule has 4 aromatic rings. The van der Waals surface area contributed by atoms with E-state index in [1.165, 1.54) is 22.2 Å². The molecule has 0 spiro atoms. The van der Waals surface area contributed by atoms with Gasteiger partial charge in [-0.05, 0) is 19.4 Å². The second-order valence-electron chi connectivity index (χ2n) is 6.55. The molecule has 0 saturated heterocycles. The number of carbonyl (C=O) groups excluding carboxylic acids is 1. The number of ketones is 1. The highest BCUT2D eigenvalue weighted by atomic mass is 32.1. The lowest BCUT2D eigenvalue weighted by Gasteiger charge is -2.07. The first-order chi connectivity index (χ1) is 14.0. The molecule has 0 aliphatic carbocycles. The molecule has 0 fully saturated rings. The van der Waals surface area contributed by atoms with Crippen molar-refractivity contribution in [3.8, 4) is 11.1 Å². The zero-order valence-corrected chi connectivity index (χ0v) is 17.9. The monoisotopic (exact) mass is 404 g/mol. The van der Waals surface area contributed by atoms with Gasteiger partial charge in [0.2, 0.25) is 0 Å². The summed E-state index contributed by atoms with van der Waals surface area (Å²) in [5.74, 6) is -0.108. The zero-order chi connectivity index (χ0) is 21.0. The molecule has 0 saturated carbocycles. The SMILES string of the molecule is CC.Cc1cccc(-c2c(C)sc3ncn(CC(=O)c4ccccc4)c(=O)c23)c1. The lowest BCUT2D eigenvalue weighted by Crippen LogP contribution is -2.24. The summed E-state index contributed by atoms with van der Waals surface area (Å²) >= 11 is 1.51. The van der Waals surface area contributed by atoms with Gasteiger partial charge >= 0.3 is 0 Å². The molecule has 148 valence electrons. The van der Waals surface area contributed by atoms with E-state index in [2.05, 4.69) is 11.1 Å². The number of carbonyl (C=O) groups is 1. The number of hydrogen-bond donors (Lipinski definition) is 0. The lowest BCUT2D eigenvalue weighted by molar-refractivity contribution is 0.0970. The first-order valence-corrected chi connectivity index (χ1v) is 10.5. The van der Waals surface area contributed by atoms with Crippen LogP contribution in [-0.2, 0) is 6.54 Å². The fraction of sp³-hybridized carbons (Fsp3) is 0.208. The van der Waals surface area contributed by atoms with Crippen LogP contribution in [0.25, 0.3) is 21.3 Å². The highest BCUT2D eigenvalue weighted by molar-refractivity contribution is 7.19. The smallest absolute Gasteiger partial charge is 0.263 e. The van der Waals surface area contributed by atoms with Crippen LogP contribution < -0.4 is 5.56 Å². The molecular weight excluding hydrogens is 380 g/mol. The molecule has 0 aliphatic rings. The molecule has 5 heteroatoms. The third-order valence-electron chi connectivity index (χ3n) is 4.57. The molecule has 2 aromatic heterocycles. The Morgan fingerprint density at radius 3 is 2.45 bits per heavy atom. The van der Waals surface area contributed by atoms with Crippen molar-refractivity contribution in [1.29, 1.82) is 0 Å². The molecule has 0 unspecified atom stereocenters. The number of nitrogens with zero attached hydrogens (tertiary/aromatic N) is 2. The van der Waals surface area contributed by atoms with Gasteiger partial charge in [0.15, 0.2) is 5.78 Å². The van der Waals surface area contributed by atoms with Crippen molar-refractivity contribution in [3.63, 3.8) is 0 Å². The van der Waals surface area contributed by atoms with Gasteiger partial charge < -0.3 is 0 Å². The Hall–Kier alpha value is -3.05. The number of Topliss-reactive ketones (excluding diaryl/α,β-unsaturated/α-hetero) is 1. The minimum Gasteiger partial charge on any atom is -0.292 e. The third-order valence-corrected chi connectivity index (χ3v) is 5.58. The van der Waals surface area contributed by atoms with Gasteiger partial charge in [0.05, 0.1) is 18.3 Å². The molecule has 4 rings (SSSR count). The van der Waals surface area contributed by atoms with Crippen LogP contribution in [0.2, 0.25) is 0 Å². The van der Waals surface area contributed by atoms with E-state index in [1.807, 2.05) is 64.1 Å². The molecule has 0 atom stereocenters. The Morgan fingerprint density at radius 2 is 1.76 bits per heavy atom. The summed E-state index contributed by atoms with van der Waals surface area (Å²) in [6.45, 7) is 8.01. The normalized spacial score (nSPS) is 10.5. The Balaban J connectivity index is 0.00000117. The van der Waals surface area contributed by atoms with Crippen LogP contribution in [0.1, 0.15) is 34.6 Å².